The molecule has 0 aliphatic rings. The first-order valence-electron chi connectivity index (χ1n) is 6.13. The summed E-state index contributed by atoms with van der Waals surface area (Å²) >= 11 is 5.20. The van der Waals surface area contributed by atoms with Crippen LogP contribution in [0.3, 0.4) is 0 Å². The topological polar surface area (TPSA) is 55.2 Å². The first-order valence-corrected chi connectivity index (χ1v) is 7.73. The van der Waals surface area contributed by atoms with Crippen LogP contribution in [-0.4, -0.2) is 4.92 Å². The van der Waals surface area contributed by atoms with Gasteiger partial charge in [0.2, 0.25) is 0 Å². The van der Waals surface area contributed by atoms with Crippen LogP contribution >= 0.6 is 27.3 Å². The van der Waals surface area contributed by atoms with E-state index in [9.17, 15) is 10.1 Å². The number of hydrogen-bond acceptors (Lipinski definition) is 4. The Balaban J connectivity index is 2.21. The molecule has 1 aromatic carbocycles. The third kappa shape index (κ3) is 3.19. The standard InChI is InChI=1S/C14H15BrN2O2S/c1-8-4-9(2)14(17(18)19)6-13(8)16-7-11-5-12(15)10(3)20-11/h4-6,16H,7H2,1-3H3. The minimum atomic E-state index is -0.341. The van der Waals surface area contributed by atoms with Gasteiger partial charge in [-0.1, -0.05) is 0 Å². The quantitative estimate of drug-likeness (QED) is 0.623. The number of hydrogen-bond donors (Lipinski definition) is 1. The van der Waals surface area contributed by atoms with Gasteiger partial charge >= 0.3 is 0 Å². The molecule has 0 aliphatic carbocycles. The molecule has 0 atom stereocenters. The fourth-order valence-corrected chi connectivity index (χ4v) is 3.56. The van der Waals surface area contributed by atoms with Gasteiger partial charge in [-0.3, -0.25) is 10.1 Å². The molecule has 20 heavy (non-hydrogen) atoms. The van der Waals surface area contributed by atoms with E-state index in [0.29, 0.717) is 12.1 Å². The van der Waals surface area contributed by atoms with Crippen molar-refractivity contribution in [2.24, 2.45) is 0 Å². The summed E-state index contributed by atoms with van der Waals surface area (Å²) < 4.78 is 1.10. The molecular formula is C14H15BrN2O2S. The van der Waals surface area contributed by atoms with Gasteiger partial charge in [0, 0.05) is 38.1 Å². The summed E-state index contributed by atoms with van der Waals surface area (Å²) in [5.74, 6) is 0. The molecule has 0 saturated carbocycles. The highest BCUT2D eigenvalue weighted by Gasteiger charge is 2.13. The highest BCUT2D eigenvalue weighted by Crippen LogP contribution is 2.29. The van der Waals surface area contributed by atoms with Crippen molar-refractivity contribution in [3.05, 3.63) is 53.7 Å². The van der Waals surface area contributed by atoms with E-state index >= 15 is 0 Å². The van der Waals surface area contributed by atoms with Gasteiger partial charge in [0.25, 0.3) is 5.69 Å². The van der Waals surface area contributed by atoms with Crippen molar-refractivity contribution >= 4 is 38.6 Å². The Kier molecular flexibility index (Phi) is 4.45. The number of aryl methyl sites for hydroxylation is 3. The minimum absolute atomic E-state index is 0.154. The van der Waals surface area contributed by atoms with E-state index in [-0.39, 0.29) is 10.6 Å². The molecule has 2 rings (SSSR count). The Labute approximate surface area is 130 Å². The fraction of sp³-hybridized carbons (Fsp3) is 0.286. The summed E-state index contributed by atoms with van der Waals surface area (Å²) in [6, 6.07) is 5.53. The van der Waals surface area contributed by atoms with Crippen molar-refractivity contribution in [3.8, 4) is 0 Å². The van der Waals surface area contributed by atoms with Crippen molar-refractivity contribution in [1.29, 1.82) is 0 Å². The zero-order valence-electron chi connectivity index (χ0n) is 11.5. The molecule has 0 amide bonds. The van der Waals surface area contributed by atoms with E-state index < -0.39 is 0 Å². The molecule has 0 aliphatic heterocycles. The van der Waals surface area contributed by atoms with Crippen LogP contribution in [0.4, 0.5) is 11.4 Å². The Morgan fingerprint density at radius 2 is 1.95 bits per heavy atom. The lowest BCUT2D eigenvalue weighted by molar-refractivity contribution is -0.385. The van der Waals surface area contributed by atoms with Gasteiger partial charge in [0.05, 0.1) is 4.92 Å². The highest BCUT2D eigenvalue weighted by atomic mass is 79.9. The number of rotatable bonds is 4. The van der Waals surface area contributed by atoms with Gasteiger partial charge in [-0.2, -0.15) is 0 Å². The van der Waals surface area contributed by atoms with Crippen molar-refractivity contribution in [2.75, 3.05) is 5.32 Å². The lowest BCUT2D eigenvalue weighted by atomic mass is 10.1. The smallest absolute Gasteiger partial charge is 0.274 e. The molecule has 1 N–H and O–H groups in total. The summed E-state index contributed by atoms with van der Waals surface area (Å²) in [6.45, 7) is 6.43. The molecular weight excluding hydrogens is 340 g/mol. The zero-order valence-corrected chi connectivity index (χ0v) is 13.9. The molecule has 106 valence electrons. The lowest BCUT2D eigenvalue weighted by Crippen LogP contribution is -2.02. The predicted octanol–water partition coefficient (Wildman–Crippen LogP) is 4.96. The first kappa shape index (κ1) is 15.0. The van der Waals surface area contributed by atoms with Crippen LogP contribution in [0.1, 0.15) is 20.9 Å². The van der Waals surface area contributed by atoms with Crippen LogP contribution in [-0.2, 0) is 6.54 Å². The van der Waals surface area contributed by atoms with Gasteiger partial charge < -0.3 is 5.32 Å². The van der Waals surface area contributed by atoms with Crippen LogP contribution in [0.25, 0.3) is 0 Å². The van der Waals surface area contributed by atoms with Gasteiger partial charge in [0.15, 0.2) is 0 Å². The number of anilines is 1. The maximum atomic E-state index is 11.0. The second-order valence-electron chi connectivity index (χ2n) is 4.68. The molecule has 0 radical (unpaired) electrons. The normalized spacial score (nSPS) is 10.6. The number of nitrogens with zero attached hydrogens (tertiary/aromatic N) is 1. The summed E-state index contributed by atoms with van der Waals surface area (Å²) in [4.78, 5) is 13.1. The van der Waals surface area contributed by atoms with Gasteiger partial charge in [-0.05, 0) is 54.4 Å². The Bertz CT molecular complexity index is 648. The average molecular weight is 355 g/mol. The maximum Gasteiger partial charge on any atom is 0.274 e. The minimum Gasteiger partial charge on any atom is -0.380 e. The second kappa shape index (κ2) is 5.93. The summed E-state index contributed by atoms with van der Waals surface area (Å²) in [6.07, 6.45) is 0. The maximum absolute atomic E-state index is 11.0. The predicted molar refractivity (Wildman–Crippen MR) is 86.7 cm³/mol. The van der Waals surface area contributed by atoms with E-state index in [0.717, 1.165) is 15.7 Å². The Morgan fingerprint density at radius 3 is 2.50 bits per heavy atom. The van der Waals surface area contributed by atoms with E-state index in [2.05, 4.69) is 34.2 Å². The third-order valence-corrected chi connectivity index (χ3v) is 5.24. The molecule has 4 nitrogen and oxygen atoms in total. The van der Waals surface area contributed by atoms with Crippen LogP contribution < -0.4 is 5.32 Å². The number of nitro groups is 1. The van der Waals surface area contributed by atoms with E-state index in [4.69, 9.17) is 0 Å². The van der Waals surface area contributed by atoms with Crippen molar-refractivity contribution in [3.63, 3.8) is 0 Å². The summed E-state index contributed by atoms with van der Waals surface area (Å²) in [7, 11) is 0. The average Bonchev–Trinajstić information content (AvgIpc) is 2.67. The van der Waals surface area contributed by atoms with E-state index in [1.807, 2.05) is 13.0 Å². The van der Waals surface area contributed by atoms with Crippen molar-refractivity contribution in [2.45, 2.75) is 27.3 Å². The molecule has 0 fully saturated rings. The molecule has 0 unspecified atom stereocenters. The van der Waals surface area contributed by atoms with E-state index in [1.165, 1.54) is 9.75 Å². The lowest BCUT2D eigenvalue weighted by Gasteiger charge is -2.09. The monoisotopic (exact) mass is 354 g/mol. The van der Waals surface area contributed by atoms with Crippen LogP contribution in [0.15, 0.2) is 22.7 Å². The Hall–Kier alpha value is -1.40. The number of benzene rings is 1. The van der Waals surface area contributed by atoms with Gasteiger partial charge in [-0.25, -0.2) is 0 Å². The number of nitro benzene ring substituents is 1. The molecule has 2 aromatic rings. The second-order valence-corrected chi connectivity index (χ2v) is 6.88. The van der Waals surface area contributed by atoms with Gasteiger partial charge in [-0.15, -0.1) is 11.3 Å². The summed E-state index contributed by atoms with van der Waals surface area (Å²) in [5, 5.41) is 14.3. The Morgan fingerprint density at radius 1 is 1.25 bits per heavy atom. The fourth-order valence-electron chi connectivity index (χ4n) is 2.02. The van der Waals surface area contributed by atoms with Crippen LogP contribution in [0.2, 0.25) is 0 Å². The molecule has 1 heterocycles. The van der Waals surface area contributed by atoms with Crippen LogP contribution in [0, 0.1) is 30.9 Å². The largest absolute Gasteiger partial charge is 0.380 e. The molecule has 0 spiro atoms. The van der Waals surface area contributed by atoms with E-state index in [1.54, 1.807) is 24.3 Å². The highest BCUT2D eigenvalue weighted by molar-refractivity contribution is 9.10. The SMILES string of the molecule is Cc1cc(C)c([N+](=O)[O-])cc1NCc1cc(Br)c(C)s1. The number of thiophene rings is 1. The van der Waals surface area contributed by atoms with Crippen molar-refractivity contribution < 1.29 is 4.92 Å². The van der Waals surface area contributed by atoms with Gasteiger partial charge in [0.1, 0.15) is 0 Å². The molecule has 6 heteroatoms. The first-order chi connectivity index (χ1) is 9.38. The number of halogens is 1. The molecule has 1 aromatic heterocycles. The summed E-state index contributed by atoms with van der Waals surface area (Å²) in [5.41, 5.74) is 2.67. The zero-order chi connectivity index (χ0) is 14.9. The molecule has 0 bridgehead atoms. The van der Waals surface area contributed by atoms with Crippen LogP contribution in [0.5, 0.6) is 0 Å². The molecule has 0 saturated heterocycles. The number of nitrogens with one attached hydrogen (secondary N) is 1. The third-order valence-electron chi connectivity index (χ3n) is 3.10. The van der Waals surface area contributed by atoms with Crippen molar-refractivity contribution in [1.82, 2.24) is 0 Å².